The number of hydrogen-bond donors (Lipinski definition) is 1. The molecule has 6 nitrogen and oxygen atoms in total. The Labute approximate surface area is 151 Å². The summed E-state index contributed by atoms with van der Waals surface area (Å²) < 4.78 is 2.13. The summed E-state index contributed by atoms with van der Waals surface area (Å²) in [5.74, 6) is 1.98. The molecule has 4 heterocycles. The van der Waals surface area contributed by atoms with E-state index < -0.39 is 0 Å². The predicted octanol–water partition coefficient (Wildman–Crippen LogP) is 2.84. The van der Waals surface area contributed by atoms with Crippen molar-refractivity contribution in [2.24, 2.45) is 0 Å². The highest BCUT2D eigenvalue weighted by molar-refractivity contribution is 7.16. The van der Waals surface area contributed by atoms with Crippen LogP contribution in [-0.2, 0) is 6.54 Å². The van der Waals surface area contributed by atoms with Crippen LogP contribution in [0.15, 0.2) is 30.2 Å². The molecule has 0 saturated carbocycles. The maximum Gasteiger partial charge on any atom is 0.141 e. The van der Waals surface area contributed by atoms with E-state index in [4.69, 9.17) is 4.98 Å². The standard InChI is InChI=1S/C18H24N6S/c1-14-21-17(16-5-12-25-18(16)22-14)24-9-3-15(4-10-24)20-6-2-8-23-11-7-19-13-23/h5,7,11-13,15,20H,2-4,6,8-10H2,1H3. The first-order valence-electron chi connectivity index (χ1n) is 8.95. The van der Waals surface area contributed by atoms with Crippen LogP contribution in [-0.4, -0.2) is 45.2 Å². The summed E-state index contributed by atoms with van der Waals surface area (Å²) >= 11 is 1.70. The van der Waals surface area contributed by atoms with Crippen LogP contribution in [0.1, 0.15) is 25.1 Å². The van der Waals surface area contributed by atoms with Gasteiger partial charge in [0.05, 0.1) is 11.7 Å². The molecule has 0 amide bonds. The third kappa shape index (κ3) is 3.82. The Morgan fingerprint density at radius 2 is 2.16 bits per heavy atom. The van der Waals surface area contributed by atoms with Crippen molar-refractivity contribution in [2.75, 3.05) is 24.5 Å². The molecule has 7 heteroatoms. The molecule has 4 rings (SSSR count). The van der Waals surface area contributed by atoms with Crippen LogP contribution in [0, 0.1) is 6.92 Å². The summed E-state index contributed by atoms with van der Waals surface area (Å²) in [5, 5.41) is 7.01. The Kier molecular flexibility index (Phi) is 4.94. The highest BCUT2D eigenvalue weighted by Gasteiger charge is 2.22. The molecule has 1 saturated heterocycles. The molecule has 1 fully saturated rings. The molecule has 0 aliphatic carbocycles. The van der Waals surface area contributed by atoms with Crippen LogP contribution in [0.3, 0.4) is 0 Å². The first-order valence-corrected chi connectivity index (χ1v) is 9.83. The molecule has 25 heavy (non-hydrogen) atoms. The SMILES string of the molecule is Cc1nc(N2CCC(NCCCn3ccnc3)CC2)c2ccsc2n1. The summed E-state index contributed by atoms with van der Waals surface area (Å²) in [5.41, 5.74) is 0. The number of thiophene rings is 1. The summed E-state index contributed by atoms with van der Waals surface area (Å²) in [6.07, 6.45) is 9.21. The Bertz CT molecular complexity index is 804. The molecule has 1 aliphatic rings. The largest absolute Gasteiger partial charge is 0.356 e. The van der Waals surface area contributed by atoms with Crippen molar-refractivity contribution in [3.63, 3.8) is 0 Å². The van der Waals surface area contributed by atoms with Crippen LogP contribution in [0.5, 0.6) is 0 Å². The zero-order valence-corrected chi connectivity index (χ0v) is 15.4. The van der Waals surface area contributed by atoms with Gasteiger partial charge in [-0.05, 0) is 44.2 Å². The van der Waals surface area contributed by atoms with E-state index in [1.807, 2.05) is 25.6 Å². The predicted molar refractivity (Wildman–Crippen MR) is 102 cm³/mol. The lowest BCUT2D eigenvalue weighted by Gasteiger charge is -2.33. The Morgan fingerprint density at radius 1 is 1.28 bits per heavy atom. The van der Waals surface area contributed by atoms with Crippen LogP contribution in [0.2, 0.25) is 0 Å². The van der Waals surface area contributed by atoms with Crippen molar-refractivity contribution in [1.29, 1.82) is 0 Å². The van der Waals surface area contributed by atoms with Gasteiger partial charge in [0.1, 0.15) is 16.5 Å². The molecular formula is C18H24N6S. The van der Waals surface area contributed by atoms with E-state index in [1.54, 1.807) is 11.3 Å². The highest BCUT2D eigenvalue weighted by Crippen LogP contribution is 2.29. The molecule has 0 unspecified atom stereocenters. The van der Waals surface area contributed by atoms with Gasteiger partial charge in [-0.1, -0.05) is 0 Å². The fraction of sp³-hybridized carbons (Fsp3) is 0.500. The highest BCUT2D eigenvalue weighted by atomic mass is 32.1. The van der Waals surface area contributed by atoms with Crippen LogP contribution < -0.4 is 10.2 Å². The minimum atomic E-state index is 0.611. The van der Waals surface area contributed by atoms with Gasteiger partial charge in [0.25, 0.3) is 0 Å². The van der Waals surface area contributed by atoms with Gasteiger partial charge in [-0.15, -0.1) is 11.3 Å². The van der Waals surface area contributed by atoms with E-state index in [1.165, 1.54) is 18.2 Å². The van der Waals surface area contributed by atoms with Crippen molar-refractivity contribution in [3.8, 4) is 0 Å². The zero-order chi connectivity index (χ0) is 17.1. The number of hydrogen-bond acceptors (Lipinski definition) is 6. The quantitative estimate of drug-likeness (QED) is 0.688. The molecule has 0 aromatic carbocycles. The summed E-state index contributed by atoms with van der Waals surface area (Å²) in [4.78, 5) is 16.9. The van der Waals surface area contributed by atoms with Crippen molar-refractivity contribution < 1.29 is 0 Å². The number of aromatic nitrogens is 4. The van der Waals surface area contributed by atoms with E-state index >= 15 is 0 Å². The van der Waals surface area contributed by atoms with Crippen LogP contribution in [0.4, 0.5) is 5.82 Å². The van der Waals surface area contributed by atoms with Gasteiger partial charge in [-0.2, -0.15) is 0 Å². The first kappa shape index (κ1) is 16.5. The van der Waals surface area contributed by atoms with Gasteiger partial charge in [0, 0.05) is 38.1 Å². The topological polar surface area (TPSA) is 58.9 Å². The third-order valence-corrected chi connectivity index (χ3v) is 5.60. The first-order chi connectivity index (χ1) is 12.3. The van der Waals surface area contributed by atoms with E-state index in [0.717, 1.165) is 49.1 Å². The number of nitrogens with zero attached hydrogens (tertiary/aromatic N) is 5. The number of aryl methyl sites for hydroxylation is 2. The molecular weight excluding hydrogens is 332 g/mol. The number of fused-ring (bicyclic) bond motifs is 1. The number of piperidine rings is 1. The Hall–Kier alpha value is -1.99. The van der Waals surface area contributed by atoms with Gasteiger partial charge >= 0.3 is 0 Å². The Balaban J connectivity index is 1.28. The fourth-order valence-electron chi connectivity index (χ4n) is 3.47. The van der Waals surface area contributed by atoms with Crippen molar-refractivity contribution in [2.45, 2.75) is 38.8 Å². The summed E-state index contributed by atoms with van der Waals surface area (Å²) in [7, 11) is 0. The Morgan fingerprint density at radius 3 is 2.96 bits per heavy atom. The molecule has 3 aromatic rings. The fourth-order valence-corrected chi connectivity index (χ4v) is 4.27. The van der Waals surface area contributed by atoms with E-state index in [9.17, 15) is 0 Å². The second-order valence-electron chi connectivity index (χ2n) is 6.60. The van der Waals surface area contributed by atoms with Crippen LogP contribution in [0.25, 0.3) is 10.2 Å². The lowest BCUT2D eigenvalue weighted by atomic mass is 10.0. The van der Waals surface area contributed by atoms with Crippen molar-refractivity contribution in [1.82, 2.24) is 24.8 Å². The van der Waals surface area contributed by atoms with Gasteiger partial charge in [0.15, 0.2) is 0 Å². The molecule has 0 spiro atoms. The number of rotatable bonds is 6. The average Bonchev–Trinajstić information content (AvgIpc) is 3.30. The second-order valence-corrected chi connectivity index (χ2v) is 7.50. The van der Waals surface area contributed by atoms with E-state index in [-0.39, 0.29) is 0 Å². The molecule has 0 bridgehead atoms. The van der Waals surface area contributed by atoms with Crippen molar-refractivity contribution in [3.05, 3.63) is 36.0 Å². The zero-order valence-electron chi connectivity index (χ0n) is 14.6. The maximum atomic E-state index is 4.72. The molecule has 0 atom stereocenters. The monoisotopic (exact) mass is 356 g/mol. The van der Waals surface area contributed by atoms with E-state index in [2.05, 4.69) is 36.2 Å². The number of anilines is 1. The smallest absolute Gasteiger partial charge is 0.141 e. The molecule has 0 radical (unpaired) electrons. The number of imidazole rings is 1. The average molecular weight is 356 g/mol. The minimum absolute atomic E-state index is 0.611. The van der Waals surface area contributed by atoms with Gasteiger partial charge in [-0.25, -0.2) is 15.0 Å². The molecule has 1 aliphatic heterocycles. The van der Waals surface area contributed by atoms with Gasteiger partial charge in [-0.3, -0.25) is 0 Å². The molecule has 132 valence electrons. The maximum absolute atomic E-state index is 4.72. The third-order valence-electron chi connectivity index (χ3n) is 4.80. The van der Waals surface area contributed by atoms with Gasteiger partial charge in [0.2, 0.25) is 0 Å². The van der Waals surface area contributed by atoms with E-state index in [0.29, 0.717) is 6.04 Å². The lowest BCUT2D eigenvalue weighted by molar-refractivity contribution is 0.406. The lowest BCUT2D eigenvalue weighted by Crippen LogP contribution is -2.43. The van der Waals surface area contributed by atoms with Gasteiger partial charge < -0.3 is 14.8 Å². The summed E-state index contributed by atoms with van der Waals surface area (Å²) in [6, 6.07) is 2.76. The number of nitrogens with one attached hydrogen (secondary N) is 1. The second kappa shape index (κ2) is 7.49. The van der Waals surface area contributed by atoms with Crippen LogP contribution >= 0.6 is 11.3 Å². The molecule has 3 aromatic heterocycles. The minimum Gasteiger partial charge on any atom is -0.356 e. The summed E-state index contributed by atoms with van der Waals surface area (Å²) in [6.45, 7) is 6.19. The van der Waals surface area contributed by atoms with Crippen molar-refractivity contribution >= 4 is 27.4 Å². The normalized spacial score (nSPS) is 16.0. The molecule has 1 N–H and O–H groups in total.